The molecule has 5 aromatic carbocycles. The Balaban J connectivity index is 1.82. The molecular formula is C33H23N2+. The molecule has 35 heavy (non-hydrogen) atoms. The van der Waals surface area contributed by atoms with Crippen molar-refractivity contribution < 1.29 is 4.40 Å². The van der Waals surface area contributed by atoms with Crippen LogP contribution in [0.5, 0.6) is 0 Å². The highest BCUT2D eigenvalue weighted by Gasteiger charge is 2.29. The largest absolute Gasteiger partial charge is 0.300 e. The third kappa shape index (κ3) is 3.00. The molecule has 0 saturated carbocycles. The molecule has 0 spiro atoms. The summed E-state index contributed by atoms with van der Waals surface area (Å²) in [4.78, 5) is 0. The van der Waals surface area contributed by atoms with Crippen molar-refractivity contribution >= 4 is 27.5 Å². The average Bonchev–Trinajstić information content (AvgIpc) is 3.29. The van der Waals surface area contributed by atoms with Gasteiger partial charge in [0.2, 0.25) is 0 Å². The molecule has 2 aromatic heterocycles. The minimum Gasteiger partial charge on any atom is -0.188 e. The second-order valence-corrected chi connectivity index (χ2v) is 8.82. The number of nitrogens with zero attached hydrogens (tertiary/aromatic N) is 2. The van der Waals surface area contributed by atoms with E-state index in [2.05, 4.69) is 148 Å². The molecule has 164 valence electrons. The van der Waals surface area contributed by atoms with Crippen molar-refractivity contribution in [1.29, 1.82) is 0 Å². The van der Waals surface area contributed by atoms with Gasteiger partial charge in [0.1, 0.15) is 11.4 Å². The first-order valence-electron chi connectivity index (χ1n) is 12.0. The van der Waals surface area contributed by atoms with Crippen molar-refractivity contribution in [3.8, 4) is 28.1 Å². The number of aromatic nitrogens is 2. The standard InChI is InChI=1S/C33H23N2/c1-4-14-24(15-5-1)31-27-20-10-11-21-28(27)33-34(26-18-8-3-9-19-26)29-22-12-13-23-30(29)35(33)32(31)25-16-6-2-7-17-25/h1-23H/q+1. The number of rotatable bonds is 3. The number of imidazole rings is 1. The van der Waals surface area contributed by atoms with Gasteiger partial charge in [-0.2, -0.15) is 8.97 Å². The monoisotopic (exact) mass is 447 g/mol. The zero-order valence-corrected chi connectivity index (χ0v) is 19.2. The Morgan fingerprint density at radius 2 is 1.00 bits per heavy atom. The van der Waals surface area contributed by atoms with Gasteiger partial charge in [-0.3, -0.25) is 0 Å². The number of para-hydroxylation sites is 3. The molecular weight excluding hydrogens is 424 g/mol. The molecule has 2 heterocycles. The molecule has 0 aliphatic heterocycles. The van der Waals surface area contributed by atoms with Crippen LogP contribution in [-0.2, 0) is 0 Å². The van der Waals surface area contributed by atoms with E-state index in [1.54, 1.807) is 0 Å². The first-order valence-corrected chi connectivity index (χ1v) is 12.0. The van der Waals surface area contributed by atoms with Gasteiger partial charge in [-0.05, 0) is 35.9 Å². The molecule has 0 unspecified atom stereocenters. The van der Waals surface area contributed by atoms with Crippen molar-refractivity contribution in [3.63, 3.8) is 0 Å². The second-order valence-electron chi connectivity index (χ2n) is 8.82. The van der Waals surface area contributed by atoms with Gasteiger partial charge < -0.3 is 0 Å². The van der Waals surface area contributed by atoms with Crippen molar-refractivity contribution in [2.75, 3.05) is 0 Å². The van der Waals surface area contributed by atoms with E-state index in [4.69, 9.17) is 0 Å². The molecule has 2 nitrogen and oxygen atoms in total. The molecule has 0 bridgehead atoms. The first kappa shape index (κ1) is 19.7. The van der Waals surface area contributed by atoms with Crippen LogP contribution in [0.2, 0.25) is 0 Å². The molecule has 0 aliphatic rings. The fraction of sp³-hybridized carbons (Fsp3) is 0. The highest BCUT2D eigenvalue weighted by Crippen LogP contribution is 2.39. The zero-order valence-electron chi connectivity index (χ0n) is 19.2. The maximum Gasteiger partial charge on any atom is 0.300 e. The minimum absolute atomic E-state index is 1.16. The summed E-state index contributed by atoms with van der Waals surface area (Å²) >= 11 is 0. The summed E-state index contributed by atoms with van der Waals surface area (Å²) in [6, 6.07) is 49.8. The van der Waals surface area contributed by atoms with E-state index >= 15 is 0 Å². The smallest absolute Gasteiger partial charge is 0.188 e. The van der Waals surface area contributed by atoms with Gasteiger partial charge in [-0.15, -0.1) is 0 Å². The lowest BCUT2D eigenvalue weighted by atomic mass is 9.93. The van der Waals surface area contributed by atoms with Gasteiger partial charge in [-0.25, -0.2) is 0 Å². The van der Waals surface area contributed by atoms with Crippen LogP contribution in [0.1, 0.15) is 0 Å². The number of hydrogen-bond acceptors (Lipinski definition) is 0. The van der Waals surface area contributed by atoms with Gasteiger partial charge in [0.25, 0.3) is 0 Å². The van der Waals surface area contributed by atoms with Gasteiger partial charge in [0.15, 0.2) is 11.0 Å². The van der Waals surface area contributed by atoms with Crippen molar-refractivity contribution in [2.24, 2.45) is 0 Å². The lowest BCUT2D eigenvalue weighted by molar-refractivity contribution is -0.467. The first-order chi connectivity index (χ1) is 17.4. The predicted molar refractivity (Wildman–Crippen MR) is 145 cm³/mol. The fourth-order valence-electron chi connectivity index (χ4n) is 5.38. The average molecular weight is 448 g/mol. The molecule has 0 radical (unpaired) electrons. The molecule has 7 aromatic rings. The summed E-state index contributed by atoms with van der Waals surface area (Å²) in [5.41, 5.74) is 9.57. The molecule has 0 fully saturated rings. The normalized spacial score (nSPS) is 11.4. The number of hydrogen-bond donors (Lipinski definition) is 0. The van der Waals surface area contributed by atoms with Crippen LogP contribution in [0.3, 0.4) is 0 Å². The number of benzene rings is 5. The number of pyridine rings is 1. The van der Waals surface area contributed by atoms with E-state index in [-0.39, 0.29) is 0 Å². The van der Waals surface area contributed by atoms with Crippen LogP contribution in [0.4, 0.5) is 0 Å². The summed E-state index contributed by atoms with van der Waals surface area (Å²) in [6.45, 7) is 0. The zero-order chi connectivity index (χ0) is 23.2. The Morgan fingerprint density at radius 3 is 1.71 bits per heavy atom. The molecule has 7 rings (SSSR count). The SMILES string of the molecule is c1ccc(-c2c(-c3ccccc3)[n+]3c4ccccc4n(-c4ccccc4)c3c3ccccc23)cc1. The van der Waals surface area contributed by atoms with Crippen molar-refractivity contribution in [1.82, 2.24) is 4.57 Å². The summed E-state index contributed by atoms with van der Waals surface area (Å²) < 4.78 is 4.86. The molecule has 0 amide bonds. The Kier molecular flexibility index (Phi) is 4.49. The molecule has 2 heteroatoms. The van der Waals surface area contributed by atoms with Crippen LogP contribution in [0, 0.1) is 0 Å². The Labute approximate surface area is 204 Å². The lowest BCUT2D eigenvalue weighted by Crippen LogP contribution is -2.26. The summed E-state index contributed by atoms with van der Waals surface area (Å²) in [6.07, 6.45) is 0. The van der Waals surface area contributed by atoms with Crippen molar-refractivity contribution in [3.05, 3.63) is 140 Å². The van der Waals surface area contributed by atoms with Gasteiger partial charge in [0, 0.05) is 16.5 Å². The molecule has 0 N–H and O–H groups in total. The Hall–Kier alpha value is -4.69. The third-order valence-corrected chi connectivity index (χ3v) is 6.81. The van der Waals surface area contributed by atoms with E-state index in [1.807, 2.05) is 0 Å². The minimum atomic E-state index is 1.16. The van der Waals surface area contributed by atoms with Crippen LogP contribution >= 0.6 is 0 Å². The maximum atomic E-state index is 2.46. The number of fused-ring (bicyclic) bond motifs is 5. The fourth-order valence-corrected chi connectivity index (χ4v) is 5.38. The second kappa shape index (κ2) is 7.96. The predicted octanol–water partition coefficient (Wildman–Crippen LogP) is 7.86. The Morgan fingerprint density at radius 1 is 0.457 bits per heavy atom. The van der Waals surface area contributed by atoms with Crippen LogP contribution in [0.15, 0.2) is 140 Å². The topological polar surface area (TPSA) is 9.03 Å². The van der Waals surface area contributed by atoms with Crippen LogP contribution in [-0.4, -0.2) is 4.57 Å². The highest BCUT2D eigenvalue weighted by molar-refractivity contribution is 6.08. The maximum absolute atomic E-state index is 2.46. The Bertz CT molecular complexity index is 1820. The van der Waals surface area contributed by atoms with Gasteiger partial charge >= 0.3 is 5.65 Å². The van der Waals surface area contributed by atoms with E-state index in [0.717, 1.165) is 5.69 Å². The molecule has 0 atom stereocenters. The molecule has 0 aliphatic carbocycles. The van der Waals surface area contributed by atoms with Crippen LogP contribution in [0.25, 0.3) is 55.5 Å². The van der Waals surface area contributed by atoms with E-state index in [1.165, 1.54) is 49.8 Å². The van der Waals surface area contributed by atoms with E-state index in [9.17, 15) is 0 Å². The quantitative estimate of drug-likeness (QED) is 0.244. The third-order valence-electron chi connectivity index (χ3n) is 6.81. The van der Waals surface area contributed by atoms with Gasteiger partial charge in [0.05, 0.1) is 5.39 Å². The van der Waals surface area contributed by atoms with Crippen LogP contribution < -0.4 is 4.40 Å². The summed E-state index contributed by atoms with van der Waals surface area (Å²) in [7, 11) is 0. The lowest BCUT2D eigenvalue weighted by Gasteiger charge is -2.14. The molecule has 0 saturated heterocycles. The highest BCUT2D eigenvalue weighted by atomic mass is 15.1. The van der Waals surface area contributed by atoms with E-state index < -0.39 is 0 Å². The summed E-state index contributed by atoms with van der Waals surface area (Å²) in [5, 5.41) is 2.48. The van der Waals surface area contributed by atoms with Gasteiger partial charge in [-0.1, -0.05) is 109 Å². The van der Waals surface area contributed by atoms with Crippen molar-refractivity contribution in [2.45, 2.75) is 0 Å². The summed E-state index contributed by atoms with van der Waals surface area (Å²) in [5.74, 6) is 0. The van der Waals surface area contributed by atoms with E-state index in [0.29, 0.717) is 0 Å².